The van der Waals surface area contributed by atoms with Crippen LogP contribution in [-0.4, -0.2) is 44.5 Å². The standard InChI is InChI=1S/C16H24N2O4/c1-5-6-9-18(2)16(20)15(19)17-11-12-7-8-13(21-3)14(10-12)22-4/h7-8,10H,5-6,9,11H2,1-4H3,(H,17,19). The van der Waals surface area contributed by atoms with Gasteiger partial charge in [0, 0.05) is 20.1 Å². The summed E-state index contributed by atoms with van der Waals surface area (Å²) in [6.07, 6.45) is 1.86. The molecule has 0 spiro atoms. The molecule has 0 aliphatic carbocycles. The average molecular weight is 308 g/mol. The van der Waals surface area contributed by atoms with Crippen molar-refractivity contribution in [2.75, 3.05) is 27.8 Å². The number of methoxy groups -OCH3 is 2. The molecule has 6 nitrogen and oxygen atoms in total. The maximum Gasteiger partial charge on any atom is 0.311 e. The van der Waals surface area contributed by atoms with Crippen LogP contribution in [0, 0.1) is 0 Å². The number of carbonyl (C=O) groups is 2. The van der Waals surface area contributed by atoms with Crippen LogP contribution >= 0.6 is 0 Å². The average Bonchev–Trinajstić information content (AvgIpc) is 2.56. The molecule has 0 saturated carbocycles. The van der Waals surface area contributed by atoms with Crippen LogP contribution in [0.4, 0.5) is 0 Å². The van der Waals surface area contributed by atoms with Crippen molar-refractivity contribution in [3.8, 4) is 11.5 Å². The first kappa shape index (κ1) is 17.8. The Kier molecular flexibility index (Phi) is 7.22. The number of nitrogens with one attached hydrogen (secondary N) is 1. The van der Waals surface area contributed by atoms with Crippen molar-refractivity contribution in [3.63, 3.8) is 0 Å². The van der Waals surface area contributed by atoms with Crippen molar-refractivity contribution in [3.05, 3.63) is 23.8 Å². The van der Waals surface area contributed by atoms with E-state index in [-0.39, 0.29) is 6.54 Å². The van der Waals surface area contributed by atoms with Gasteiger partial charge in [-0.3, -0.25) is 9.59 Å². The van der Waals surface area contributed by atoms with E-state index in [1.165, 1.54) is 4.90 Å². The summed E-state index contributed by atoms with van der Waals surface area (Å²) in [5.74, 6) is 0.0795. The molecule has 0 aliphatic rings. The minimum absolute atomic E-state index is 0.256. The topological polar surface area (TPSA) is 67.9 Å². The molecular formula is C16H24N2O4. The lowest BCUT2D eigenvalue weighted by Gasteiger charge is -2.16. The fourth-order valence-electron chi connectivity index (χ4n) is 1.92. The van der Waals surface area contributed by atoms with Gasteiger partial charge in [0.15, 0.2) is 11.5 Å². The summed E-state index contributed by atoms with van der Waals surface area (Å²) in [5, 5.41) is 2.62. The lowest BCUT2D eigenvalue weighted by Crippen LogP contribution is -2.41. The molecule has 22 heavy (non-hydrogen) atoms. The van der Waals surface area contributed by atoms with E-state index in [0.29, 0.717) is 18.0 Å². The zero-order valence-corrected chi connectivity index (χ0v) is 13.6. The van der Waals surface area contributed by atoms with Gasteiger partial charge in [-0.05, 0) is 24.1 Å². The molecule has 0 radical (unpaired) electrons. The Morgan fingerprint density at radius 3 is 2.45 bits per heavy atom. The van der Waals surface area contributed by atoms with Gasteiger partial charge in [-0.15, -0.1) is 0 Å². The highest BCUT2D eigenvalue weighted by molar-refractivity contribution is 6.34. The van der Waals surface area contributed by atoms with Gasteiger partial charge in [0.1, 0.15) is 0 Å². The molecule has 0 heterocycles. The fraction of sp³-hybridized carbons (Fsp3) is 0.500. The minimum atomic E-state index is -0.603. The minimum Gasteiger partial charge on any atom is -0.493 e. The van der Waals surface area contributed by atoms with Gasteiger partial charge in [0.05, 0.1) is 14.2 Å². The molecule has 1 N–H and O–H groups in total. The van der Waals surface area contributed by atoms with E-state index in [2.05, 4.69) is 5.32 Å². The van der Waals surface area contributed by atoms with Crippen LogP contribution < -0.4 is 14.8 Å². The molecule has 6 heteroatoms. The van der Waals surface area contributed by atoms with E-state index in [1.807, 2.05) is 13.0 Å². The lowest BCUT2D eigenvalue weighted by molar-refractivity contribution is -0.145. The Hall–Kier alpha value is -2.24. The number of benzene rings is 1. The summed E-state index contributed by atoms with van der Waals surface area (Å²) in [5.41, 5.74) is 0.829. The number of hydrogen-bond acceptors (Lipinski definition) is 4. The Bertz CT molecular complexity index is 517. The Balaban J connectivity index is 2.58. The first-order valence-corrected chi connectivity index (χ1v) is 7.27. The SMILES string of the molecule is CCCCN(C)C(=O)C(=O)NCc1ccc(OC)c(OC)c1. The third kappa shape index (κ3) is 4.95. The zero-order chi connectivity index (χ0) is 16.5. The van der Waals surface area contributed by atoms with Crippen LogP contribution in [0.3, 0.4) is 0 Å². The fourth-order valence-corrected chi connectivity index (χ4v) is 1.92. The predicted octanol–water partition coefficient (Wildman–Crippen LogP) is 1.58. The molecule has 0 aliphatic heterocycles. The zero-order valence-electron chi connectivity index (χ0n) is 13.6. The number of unbranched alkanes of at least 4 members (excludes halogenated alkanes) is 1. The summed E-state index contributed by atoms with van der Waals surface area (Å²) >= 11 is 0. The molecule has 0 aromatic heterocycles. The van der Waals surface area contributed by atoms with E-state index in [1.54, 1.807) is 33.4 Å². The molecule has 1 aromatic rings. The number of carbonyl (C=O) groups excluding carboxylic acids is 2. The van der Waals surface area contributed by atoms with E-state index in [4.69, 9.17) is 9.47 Å². The highest BCUT2D eigenvalue weighted by Crippen LogP contribution is 2.27. The van der Waals surface area contributed by atoms with Crippen LogP contribution in [0.2, 0.25) is 0 Å². The van der Waals surface area contributed by atoms with Crippen molar-refractivity contribution in [2.45, 2.75) is 26.3 Å². The Labute approximate surface area is 131 Å². The first-order valence-electron chi connectivity index (χ1n) is 7.27. The highest BCUT2D eigenvalue weighted by atomic mass is 16.5. The molecule has 0 fully saturated rings. The number of nitrogens with zero attached hydrogens (tertiary/aromatic N) is 1. The van der Waals surface area contributed by atoms with Crippen molar-refractivity contribution >= 4 is 11.8 Å². The molecule has 0 saturated heterocycles. The van der Waals surface area contributed by atoms with Crippen LogP contribution in [0.25, 0.3) is 0 Å². The van der Waals surface area contributed by atoms with Gasteiger partial charge < -0.3 is 19.7 Å². The molecule has 0 bridgehead atoms. The summed E-state index contributed by atoms with van der Waals surface area (Å²) < 4.78 is 10.4. The number of ether oxygens (including phenoxy) is 2. The van der Waals surface area contributed by atoms with E-state index < -0.39 is 11.8 Å². The largest absolute Gasteiger partial charge is 0.493 e. The second-order valence-corrected chi connectivity index (χ2v) is 4.95. The number of hydrogen-bond donors (Lipinski definition) is 1. The second kappa shape index (κ2) is 8.92. The Morgan fingerprint density at radius 2 is 1.86 bits per heavy atom. The van der Waals surface area contributed by atoms with Gasteiger partial charge in [-0.2, -0.15) is 0 Å². The quantitative estimate of drug-likeness (QED) is 0.777. The molecular weight excluding hydrogens is 284 g/mol. The van der Waals surface area contributed by atoms with Gasteiger partial charge in [0.25, 0.3) is 0 Å². The van der Waals surface area contributed by atoms with Crippen LogP contribution in [0.1, 0.15) is 25.3 Å². The van der Waals surface area contributed by atoms with Crippen LogP contribution in [0.15, 0.2) is 18.2 Å². The summed E-state index contributed by atoms with van der Waals surface area (Å²) in [4.78, 5) is 25.1. The summed E-state index contributed by atoms with van der Waals surface area (Å²) in [6, 6.07) is 5.34. The second-order valence-electron chi connectivity index (χ2n) is 4.95. The number of amides is 2. The van der Waals surface area contributed by atoms with Crippen molar-refractivity contribution in [1.82, 2.24) is 10.2 Å². The summed E-state index contributed by atoms with van der Waals surface area (Å²) in [7, 11) is 4.74. The van der Waals surface area contributed by atoms with Crippen molar-refractivity contribution in [2.24, 2.45) is 0 Å². The molecule has 122 valence electrons. The monoisotopic (exact) mass is 308 g/mol. The molecule has 1 aromatic carbocycles. The first-order chi connectivity index (χ1) is 10.5. The maximum absolute atomic E-state index is 11.9. The van der Waals surface area contributed by atoms with Crippen molar-refractivity contribution in [1.29, 1.82) is 0 Å². The van der Waals surface area contributed by atoms with E-state index >= 15 is 0 Å². The molecule has 0 unspecified atom stereocenters. The molecule has 2 amide bonds. The van der Waals surface area contributed by atoms with Crippen LogP contribution in [0.5, 0.6) is 11.5 Å². The third-order valence-corrected chi connectivity index (χ3v) is 3.29. The lowest BCUT2D eigenvalue weighted by atomic mass is 10.2. The normalized spacial score (nSPS) is 10.0. The maximum atomic E-state index is 11.9. The Morgan fingerprint density at radius 1 is 1.18 bits per heavy atom. The number of rotatable bonds is 7. The van der Waals surface area contributed by atoms with Gasteiger partial charge in [0.2, 0.25) is 0 Å². The summed E-state index contributed by atoms with van der Waals surface area (Å²) in [6.45, 7) is 2.88. The smallest absolute Gasteiger partial charge is 0.311 e. The highest BCUT2D eigenvalue weighted by Gasteiger charge is 2.17. The predicted molar refractivity (Wildman–Crippen MR) is 83.9 cm³/mol. The van der Waals surface area contributed by atoms with Crippen LogP contribution in [-0.2, 0) is 16.1 Å². The third-order valence-electron chi connectivity index (χ3n) is 3.29. The number of likely N-dealkylation sites (N-methyl/N-ethyl adjacent to an activating group) is 1. The van der Waals surface area contributed by atoms with Gasteiger partial charge >= 0.3 is 11.8 Å². The van der Waals surface area contributed by atoms with E-state index in [0.717, 1.165) is 18.4 Å². The van der Waals surface area contributed by atoms with Gasteiger partial charge in [-0.25, -0.2) is 0 Å². The van der Waals surface area contributed by atoms with Gasteiger partial charge in [-0.1, -0.05) is 19.4 Å². The molecule has 0 atom stereocenters. The van der Waals surface area contributed by atoms with E-state index in [9.17, 15) is 9.59 Å². The molecule has 1 rings (SSSR count). The van der Waals surface area contributed by atoms with Crippen molar-refractivity contribution < 1.29 is 19.1 Å².